The lowest BCUT2D eigenvalue weighted by atomic mass is 10.2. The Balaban J connectivity index is 2.47. The number of hydrogen-bond donors (Lipinski definition) is 0. The molecule has 0 bridgehead atoms. The lowest BCUT2D eigenvalue weighted by Crippen LogP contribution is -2.28. The number of nitrogens with zero attached hydrogens (tertiary/aromatic N) is 2. The highest BCUT2D eigenvalue weighted by Gasteiger charge is 2.41. The Morgan fingerprint density at radius 2 is 2.12 bits per heavy atom. The first kappa shape index (κ1) is 12.4. The van der Waals surface area contributed by atoms with Gasteiger partial charge in [0.15, 0.2) is 5.69 Å². The van der Waals surface area contributed by atoms with Crippen LogP contribution in [0.1, 0.15) is 30.1 Å². The smallest absolute Gasteiger partial charge is 0.436 e. The summed E-state index contributed by atoms with van der Waals surface area (Å²) >= 11 is 2.85. The average molecular weight is 312 g/mol. The first-order valence-corrected chi connectivity index (χ1v) is 5.63. The number of carbonyl (C=O) groups excluding carboxylic acids is 1. The molecule has 2 rings (SSSR count). The van der Waals surface area contributed by atoms with E-state index in [1.165, 1.54) is 0 Å². The van der Waals surface area contributed by atoms with Crippen LogP contribution in [0.3, 0.4) is 0 Å². The van der Waals surface area contributed by atoms with Crippen LogP contribution in [-0.2, 0) is 17.5 Å². The molecule has 17 heavy (non-hydrogen) atoms. The number of hydrogen-bond acceptors (Lipinski definition) is 3. The molecule has 1 heterocycles. The Labute approximate surface area is 103 Å². The molecule has 0 atom stereocenters. The van der Waals surface area contributed by atoms with Gasteiger partial charge in [0.25, 0.3) is 0 Å². The number of alkyl halides is 3. The lowest BCUT2D eigenvalue weighted by Gasteiger charge is -2.06. The van der Waals surface area contributed by atoms with Gasteiger partial charge in [-0.15, -0.1) is 0 Å². The monoisotopic (exact) mass is 311 g/mol. The van der Waals surface area contributed by atoms with E-state index in [-0.39, 0.29) is 10.4 Å². The molecule has 0 amide bonds. The van der Waals surface area contributed by atoms with Crippen molar-refractivity contribution >= 4 is 21.9 Å². The zero-order valence-corrected chi connectivity index (χ0v) is 10.0. The van der Waals surface area contributed by atoms with Crippen molar-refractivity contribution in [3.8, 4) is 0 Å². The third-order valence-corrected chi connectivity index (χ3v) is 3.22. The molecule has 1 aromatic rings. The van der Waals surface area contributed by atoms with Crippen molar-refractivity contribution in [3.05, 3.63) is 15.9 Å². The fourth-order valence-corrected chi connectivity index (χ4v) is 2.46. The number of aliphatic carboxylic acids is 1. The molecule has 94 valence electrons. The molecule has 0 radical (unpaired) electrons. The van der Waals surface area contributed by atoms with Gasteiger partial charge in [-0.05, 0) is 28.8 Å². The number of rotatable bonds is 3. The first-order chi connectivity index (χ1) is 7.80. The molecule has 1 fully saturated rings. The Morgan fingerprint density at radius 1 is 1.53 bits per heavy atom. The summed E-state index contributed by atoms with van der Waals surface area (Å²) in [6.45, 7) is -0.666. The predicted molar refractivity (Wildman–Crippen MR) is 51.9 cm³/mol. The number of carboxylic acids is 1. The van der Waals surface area contributed by atoms with Gasteiger partial charge in [0, 0.05) is 5.92 Å². The molecule has 8 heteroatoms. The van der Waals surface area contributed by atoms with Gasteiger partial charge >= 0.3 is 6.18 Å². The molecule has 1 saturated carbocycles. The predicted octanol–water partition coefficient (Wildman–Crippen LogP) is 1.29. The van der Waals surface area contributed by atoms with Gasteiger partial charge in [0.1, 0.15) is 0 Å². The highest BCUT2D eigenvalue weighted by Crippen LogP contribution is 2.46. The van der Waals surface area contributed by atoms with Crippen molar-refractivity contribution in [1.82, 2.24) is 9.78 Å². The van der Waals surface area contributed by atoms with E-state index in [0.717, 1.165) is 17.5 Å². The second-order valence-electron chi connectivity index (χ2n) is 3.85. The van der Waals surface area contributed by atoms with Crippen LogP contribution >= 0.6 is 15.9 Å². The van der Waals surface area contributed by atoms with Crippen molar-refractivity contribution in [2.45, 2.75) is 31.5 Å². The van der Waals surface area contributed by atoms with Gasteiger partial charge in [-0.1, -0.05) is 0 Å². The van der Waals surface area contributed by atoms with E-state index in [1.807, 2.05) is 0 Å². The van der Waals surface area contributed by atoms with Crippen LogP contribution in [0.25, 0.3) is 0 Å². The summed E-state index contributed by atoms with van der Waals surface area (Å²) in [7, 11) is 0. The van der Waals surface area contributed by atoms with Crippen LogP contribution in [0.5, 0.6) is 0 Å². The topological polar surface area (TPSA) is 57.9 Å². The standard InChI is InChI=1S/C9H8BrF3N2O2/c10-6-7(4-1-2-4)15(3-5(16)17)14-8(6)9(11,12)13/h4H,1-3H2,(H,16,17)/p-1. The zero-order chi connectivity index (χ0) is 12.8. The molecule has 1 aromatic heterocycles. The molecule has 1 aliphatic rings. The van der Waals surface area contributed by atoms with Crippen molar-refractivity contribution < 1.29 is 23.1 Å². The number of halogens is 4. The van der Waals surface area contributed by atoms with E-state index in [4.69, 9.17) is 0 Å². The summed E-state index contributed by atoms with van der Waals surface area (Å²) in [6.07, 6.45) is -3.11. The minimum atomic E-state index is -4.60. The summed E-state index contributed by atoms with van der Waals surface area (Å²) < 4.78 is 38.5. The van der Waals surface area contributed by atoms with Crippen LogP contribution in [0.2, 0.25) is 0 Å². The molecular formula is C9H7BrF3N2O2-. The molecule has 1 aliphatic carbocycles. The Hall–Kier alpha value is -1.05. The molecular weight excluding hydrogens is 305 g/mol. The van der Waals surface area contributed by atoms with Gasteiger partial charge < -0.3 is 9.90 Å². The Morgan fingerprint density at radius 3 is 2.53 bits per heavy atom. The van der Waals surface area contributed by atoms with Gasteiger partial charge in [-0.3, -0.25) is 4.68 Å². The number of carboxylic acid groups (broad SMARTS) is 1. The second-order valence-corrected chi connectivity index (χ2v) is 4.64. The summed E-state index contributed by atoms with van der Waals surface area (Å²) in [5.74, 6) is -1.51. The summed E-state index contributed by atoms with van der Waals surface area (Å²) in [4.78, 5) is 10.5. The quantitative estimate of drug-likeness (QED) is 0.845. The van der Waals surface area contributed by atoms with Crippen LogP contribution in [0, 0.1) is 0 Å². The van der Waals surface area contributed by atoms with Crippen molar-refractivity contribution in [1.29, 1.82) is 0 Å². The van der Waals surface area contributed by atoms with Gasteiger partial charge in [-0.25, -0.2) is 0 Å². The summed E-state index contributed by atoms with van der Waals surface area (Å²) in [5.41, 5.74) is -0.790. The maximum absolute atomic E-state index is 12.6. The molecule has 0 N–H and O–H groups in total. The maximum atomic E-state index is 12.6. The molecule has 0 aromatic carbocycles. The third-order valence-electron chi connectivity index (χ3n) is 2.44. The van der Waals surface area contributed by atoms with Crippen molar-refractivity contribution in [3.63, 3.8) is 0 Å². The van der Waals surface area contributed by atoms with Crippen molar-refractivity contribution in [2.24, 2.45) is 0 Å². The molecule has 4 nitrogen and oxygen atoms in total. The van der Waals surface area contributed by atoms with Crippen LogP contribution < -0.4 is 5.11 Å². The minimum absolute atomic E-state index is 0.0488. The van der Waals surface area contributed by atoms with Crippen molar-refractivity contribution in [2.75, 3.05) is 0 Å². The van der Waals surface area contributed by atoms with Crippen LogP contribution in [0.15, 0.2) is 4.47 Å². The Kier molecular flexibility index (Phi) is 2.92. The first-order valence-electron chi connectivity index (χ1n) is 4.84. The minimum Gasteiger partial charge on any atom is -0.548 e. The maximum Gasteiger partial charge on any atom is 0.436 e. The SMILES string of the molecule is O=C([O-])Cn1nc(C(F)(F)F)c(Br)c1C1CC1. The molecule has 0 aliphatic heterocycles. The fourth-order valence-electron chi connectivity index (χ4n) is 1.62. The van der Waals surface area contributed by atoms with E-state index in [2.05, 4.69) is 21.0 Å². The highest BCUT2D eigenvalue weighted by molar-refractivity contribution is 9.10. The van der Waals surface area contributed by atoms with Gasteiger partial charge in [-0.2, -0.15) is 18.3 Å². The van der Waals surface area contributed by atoms with Gasteiger partial charge in [0.05, 0.1) is 22.7 Å². The van der Waals surface area contributed by atoms with Gasteiger partial charge in [0.2, 0.25) is 0 Å². The molecule has 0 saturated heterocycles. The third kappa shape index (κ3) is 2.46. The lowest BCUT2D eigenvalue weighted by molar-refractivity contribution is -0.306. The van der Waals surface area contributed by atoms with E-state index < -0.39 is 24.4 Å². The summed E-state index contributed by atoms with van der Waals surface area (Å²) in [6, 6.07) is 0. The highest BCUT2D eigenvalue weighted by atomic mass is 79.9. The molecule has 0 spiro atoms. The van der Waals surface area contributed by atoms with Crippen LogP contribution in [-0.4, -0.2) is 15.7 Å². The van der Waals surface area contributed by atoms with E-state index >= 15 is 0 Å². The average Bonchev–Trinajstić information content (AvgIpc) is 2.90. The normalized spacial score (nSPS) is 16.2. The van der Waals surface area contributed by atoms with E-state index in [1.54, 1.807) is 0 Å². The Bertz CT molecular complexity index is 466. The van der Waals surface area contributed by atoms with E-state index in [9.17, 15) is 23.1 Å². The fraction of sp³-hybridized carbons (Fsp3) is 0.556. The largest absolute Gasteiger partial charge is 0.548 e. The number of aromatic nitrogens is 2. The summed E-state index contributed by atoms with van der Waals surface area (Å²) in [5, 5.41) is 13.8. The molecule has 0 unspecified atom stereocenters. The van der Waals surface area contributed by atoms with Crippen LogP contribution in [0.4, 0.5) is 13.2 Å². The zero-order valence-electron chi connectivity index (χ0n) is 8.42. The van der Waals surface area contributed by atoms with E-state index in [0.29, 0.717) is 5.69 Å². The number of carbonyl (C=O) groups is 1. The second kappa shape index (κ2) is 4.01.